The molecule has 0 fully saturated rings. The zero-order chi connectivity index (χ0) is 10.8. The van der Waals surface area contributed by atoms with Gasteiger partial charge in [-0.2, -0.15) is 0 Å². The highest BCUT2D eigenvalue weighted by atomic mass is 16.2. The summed E-state index contributed by atoms with van der Waals surface area (Å²) in [5, 5.41) is 0. The van der Waals surface area contributed by atoms with E-state index >= 15 is 0 Å². The number of carbonyl (C=O) groups is 2. The molecule has 15 heavy (non-hydrogen) atoms. The summed E-state index contributed by atoms with van der Waals surface area (Å²) in [4.78, 5) is 22.4. The average molecular weight is 202 g/mol. The van der Waals surface area contributed by atoms with Crippen LogP contribution < -0.4 is 0 Å². The first-order chi connectivity index (χ1) is 7.18. The van der Waals surface area contributed by atoms with Crippen molar-refractivity contribution in [3.63, 3.8) is 0 Å². The standard InChI is InChI=1S/C13H14O2/c1-9(14)13(15)12-7-6-10-4-2-3-5-11(10)8-12/h6-8H,2-5H2,1H3. The van der Waals surface area contributed by atoms with E-state index in [1.807, 2.05) is 12.1 Å². The SMILES string of the molecule is CC(=O)C(=O)c1ccc2c(c1)CCCC2. The highest BCUT2D eigenvalue weighted by Gasteiger charge is 2.15. The number of hydrogen-bond donors (Lipinski definition) is 0. The molecule has 2 rings (SSSR count). The van der Waals surface area contributed by atoms with Gasteiger partial charge in [-0.25, -0.2) is 0 Å². The van der Waals surface area contributed by atoms with Crippen molar-refractivity contribution in [1.29, 1.82) is 0 Å². The molecule has 1 aromatic rings. The maximum atomic E-state index is 11.5. The number of fused-ring (bicyclic) bond motifs is 1. The molecular weight excluding hydrogens is 188 g/mol. The Hall–Kier alpha value is -1.44. The van der Waals surface area contributed by atoms with Crippen molar-refractivity contribution < 1.29 is 9.59 Å². The Kier molecular flexibility index (Phi) is 2.67. The fourth-order valence-corrected chi connectivity index (χ4v) is 2.08. The molecule has 2 heteroatoms. The molecule has 1 aromatic carbocycles. The van der Waals surface area contributed by atoms with Gasteiger partial charge in [0.15, 0.2) is 5.78 Å². The molecule has 0 atom stereocenters. The third kappa shape index (κ3) is 1.99. The van der Waals surface area contributed by atoms with Gasteiger partial charge in [-0.05, 0) is 42.9 Å². The van der Waals surface area contributed by atoms with E-state index in [2.05, 4.69) is 0 Å². The van der Waals surface area contributed by atoms with E-state index in [9.17, 15) is 9.59 Å². The van der Waals surface area contributed by atoms with Crippen LogP contribution in [0.5, 0.6) is 0 Å². The lowest BCUT2D eigenvalue weighted by Gasteiger charge is -2.15. The third-order valence-electron chi connectivity index (χ3n) is 2.93. The van der Waals surface area contributed by atoms with Crippen molar-refractivity contribution in [3.05, 3.63) is 34.9 Å². The number of rotatable bonds is 2. The second kappa shape index (κ2) is 3.97. The zero-order valence-electron chi connectivity index (χ0n) is 8.88. The Bertz CT molecular complexity index is 419. The van der Waals surface area contributed by atoms with Gasteiger partial charge < -0.3 is 0 Å². The Morgan fingerprint density at radius 3 is 2.40 bits per heavy atom. The second-order valence-electron chi connectivity index (χ2n) is 4.08. The number of ketones is 2. The van der Waals surface area contributed by atoms with Gasteiger partial charge in [0, 0.05) is 12.5 Å². The number of carbonyl (C=O) groups excluding carboxylic acids is 2. The predicted octanol–water partition coefficient (Wildman–Crippen LogP) is 2.34. The number of benzene rings is 1. The maximum Gasteiger partial charge on any atom is 0.228 e. The fraction of sp³-hybridized carbons (Fsp3) is 0.385. The Labute approximate surface area is 89.3 Å². The molecule has 0 N–H and O–H groups in total. The lowest BCUT2D eigenvalue weighted by Crippen LogP contribution is -2.11. The van der Waals surface area contributed by atoms with Crippen molar-refractivity contribution in [1.82, 2.24) is 0 Å². The molecule has 0 saturated carbocycles. The van der Waals surface area contributed by atoms with Gasteiger partial charge in [-0.15, -0.1) is 0 Å². The predicted molar refractivity (Wildman–Crippen MR) is 58.1 cm³/mol. The highest BCUT2D eigenvalue weighted by molar-refractivity contribution is 6.42. The molecule has 1 aliphatic carbocycles. The van der Waals surface area contributed by atoms with Gasteiger partial charge in [0.05, 0.1) is 0 Å². The normalized spacial score (nSPS) is 14.5. The molecule has 0 amide bonds. The van der Waals surface area contributed by atoms with Gasteiger partial charge in [0.2, 0.25) is 5.78 Å². The van der Waals surface area contributed by atoms with Gasteiger partial charge in [0.25, 0.3) is 0 Å². The van der Waals surface area contributed by atoms with Crippen molar-refractivity contribution in [2.45, 2.75) is 32.6 Å². The molecule has 0 spiro atoms. The van der Waals surface area contributed by atoms with Crippen LogP contribution >= 0.6 is 0 Å². The largest absolute Gasteiger partial charge is 0.291 e. The quantitative estimate of drug-likeness (QED) is 0.545. The molecule has 1 aliphatic rings. The Morgan fingerprint density at radius 2 is 1.73 bits per heavy atom. The van der Waals surface area contributed by atoms with E-state index in [1.165, 1.54) is 30.9 Å². The highest BCUT2D eigenvalue weighted by Crippen LogP contribution is 2.22. The second-order valence-corrected chi connectivity index (χ2v) is 4.08. The third-order valence-corrected chi connectivity index (χ3v) is 2.93. The van der Waals surface area contributed by atoms with E-state index in [0.29, 0.717) is 5.56 Å². The summed E-state index contributed by atoms with van der Waals surface area (Å²) in [6, 6.07) is 5.65. The van der Waals surface area contributed by atoms with Gasteiger partial charge >= 0.3 is 0 Å². The summed E-state index contributed by atoms with van der Waals surface area (Å²) in [6.07, 6.45) is 4.55. The number of hydrogen-bond acceptors (Lipinski definition) is 2. The molecule has 0 aromatic heterocycles. The number of aryl methyl sites for hydroxylation is 2. The average Bonchev–Trinajstić information content (AvgIpc) is 2.27. The lowest BCUT2D eigenvalue weighted by molar-refractivity contribution is -0.113. The zero-order valence-corrected chi connectivity index (χ0v) is 8.88. The summed E-state index contributed by atoms with van der Waals surface area (Å²) in [5.74, 6) is -0.755. The fourth-order valence-electron chi connectivity index (χ4n) is 2.08. The Morgan fingerprint density at radius 1 is 1.07 bits per heavy atom. The van der Waals surface area contributed by atoms with Crippen LogP contribution in [-0.2, 0) is 17.6 Å². The molecule has 0 radical (unpaired) electrons. The summed E-state index contributed by atoms with van der Waals surface area (Å²) in [7, 11) is 0. The maximum absolute atomic E-state index is 11.5. The lowest BCUT2D eigenvalue weighted by atomic mass is 9.89. The van der Waals surface area contributed by atoms with Gasteiger partial charge in [-0.1, -0.05) is 12.1 Å². The van der Waals surface area contributed by atoms with E-state index in [4.69, 9.17) is 0 Å². The van der Waals surface area contributed by atoms with Crippen LogP contribution in [0.15, 0.2) is 18.2 Å². The summed E-state index contributed by atoms with van der Waals surface area (Å²) < 4.78 is 0. The van der Waals surface area contributed by atoms with Crippen molar-refractivity contribution >= 4 is 11.6 Å². The molecule has 0 aliphatic heterocycles. The van der Waals surface area contributed by atoms with E-state index < -0.39 is 0 Å². The summed E-state index contributed by atoms with van der Waals surface area (Å²) in [5.41, 5.74) is 3.12. The topological polar surface area (TPSA) is 34.1 Å². The Balaban J connectivity index is 2.36. The van der Waals surface area contributed by atoms with Crippen LogP contribution in [0.4, 0.5) is 0 Å². The summed E-state index contributed by atoms with van der Waals surface area (Å²) in [6.45, 7) is 1.32. The van der Waals surface area contributed by atoms with Crippen molar-refractivity contribution in [2.24, 2.45) is 0 Å². The van der Waals surface area contributed by atoms with Crippen molar-refractivity contribution in [2.75, 3.05) is 0 Å². The van der Waals surface area contributed by atoms with Crippen LogP contribution in [0.3, 0.4) is 0 Å². The minimum Gasteiger partial charge on any atom is -0.291 e. The smallest absolute Gasteiger partial charge is 0.228 e. The minimum absolute atomic E-state index is 0.372. The van der Waals surface area contributed by atoms with Crippen LogP contribution in [-0.4, -0.2) is 11.6 Å². The van der Waals surface area contributed by atoms with E-state index in [-0.39, 0.29) is 11.6 Å². The molecule has 0 bridgehead atoms. The van der Waals surface area contributed by atoms with Crippen LogP contribution in [0.1, 0.15) is 41.3 Å². The van der Waals surface area contributed by atoms with Crippen LogP contribution in [0, 0.1) is 0 Å². The minimum atomic E-state index is -0.384. The first-order valence-electron chi connectivity index (χ1n) is 5.35. The van der Waals surface area contributed by atoms with Crippen molar-refractivity contribution in [3.8, 4) is 0 Å². The first-order valence-corrected chi connectivity index (χ1v) is 5.35. The molecular formula is C13H14O2. The van der Waals surface area contributed by atoms with Crippen LogP contribution in [0.2, 0.25) is 0 Å². The number of Topliss-reactive ketones (excluding diaryl/α,β-unsaturated/α-hetero) is 2. The summed E-state index contributed by atoms with van der Waals surface area (Å²) >= 11 is 0. The molecule has 0 unspecified atom stereocenters. The van der Waals surface area contributed by atoms with Crippen LogP contribution in [0.25, 0.3) is 0 Å². The molecule has 78 valence electrons. The van der Waals surface area contributed by atoms with E-state index in [0.717, 1.165) is 12.8 Å². The first kappa shape index (κ1) is 10.1. The molecule has 2 nitrogen and oxygen atoms in total. The monoisotopic (exact) mass is 202 g/mol. The van der Waals surface area contributed by atoms with Gasteiger partial charge in [-0.3, -0.25) is 9.59 Å². The molecule has 0 saturated heterocycles. The molecule has 0 heterocycles. The van der Waals surface area contributed by atoms with E-state index in [1.54, 1.807) is 6.07 Å². The van der Waals surface area contributed by atoms with Gasteiger partial charge in [0.1, 0.15) is 0 Å².